The van der Waals surface area contributed by atoms with Crippen LogP contribution in [0.5, 0.6) is 0 Å². The third kappa shape index (κ3) is 2.94. The van der Waals surface area contributed by atoms with Gasteiger partial charge < -0.3 is 10.2 Å². The number of likely N-dealkylation sites (tertiary alicyclic amines) is 1. The zero-order valence-corrected chi connectivity index (χ0v) is 11.7. The maximum Gasteiger partial charge on any atom is 0.224 e. The molecule has 0 aliphatic carbocycles. The highest BCUT2D eigenvalue weighted by Gasteiger charge is 2.17. The lowest BCUT2D eigenvalue weighted by atomic mass is 10.2. The fraction of sp³-hybridized carbons (Fsp3) is 0.400. The summed E-state index contributed by atoms with van der Waals surface area (Å²) in [5.74, 6) is 0.215. The van der Waals surface area contributed by atoms with Gasteiger partial charge in [0.2, 0.25) is 5.91 Å². The minimum absolute atomic E-state index is 0.138. The van der Waals surface area contributed by atoms with Gasteiger partial charge in [0, 0.05) is 26.1 Å². The molecule has 110 valence electrons. The Morgan fingerprint density at radius 3 is 2.90 bits per heavy atom. The molecule has 0 atom stereocenters. The summed E-state index contributed by atoms with van der Waals surface area (Å²) in [5, 5.41) is 3.41. The Labute approximate surface area is 122 Å². The van der Waals surface area contributed by atoms with E-state index in [1.54, 1.807) is 12.1 Å². The molecular weight excluding hydrogens is 271 g/mol. The lowest BCUT2D eigenvalue weighted by molar-refractivity contribution is -0.129. The number of hydrogen-bond acceptors (Lipinski definition) is 4. The summed E-state index contributed by atoms with van der Waals surface area (Å²) in [5.41, 5.74) is 0.554. The third-order valence-corrected chi connectivity index (χ3v) is 3.70. The van der Waals surface area contributed by atoms with Crippen molar-refractivity contribution in [1.29, 1.82) is 0 Å². The van der Waals surface area contributed by atoms with Crippen LogP contribution in [0.2, 0.25) is 0 Å². The van der Waals surface area contributed by atoms with Crippen molar-refractivity contribution in [2.45, 2.75) is 19.3 Å². The Morgan fingerprint density at radius 1 is 1.29 bits per heavy atom. The number of hydrogen-bond donors (Lipinski definition) is 1. The van der Waals surface area contributed by atoms with E-state index < -0.39 is 0 Å². The number of nitrogens with one attached hydrogen (secondary N) is 1. The van der Waals surface area contributed by atoms with Crippen LogP contribution in [0.1, 0.15) is 19.3 Å². The lowest BCUT2D eigenvalue weighted by Crippen LogP contribution is -2.29. The predicted octanol–water partition coefficient (Wildman–Crippen LogP) is 2.19. The maximum atomic E-state index is 13.9. The van der Waals surface area contributed by atoms with Gasteiger partial charge in [-0.05, 0) is 25.0 Å². The molecule has 1 aliphatic heterocycles. The Hall–Kier alpha value is -2.24. The number of carbonyl (C=O) groups is 1. The van der Waals surface area contributed by atoms with Crippen LogP contribution in [-0.4, -0.2) is 40.4 Å². The van der Waals surface area contributed by atoms with Crippen LogP contribution in [0.4, 0.5) is 10.2 Å². The second kappa shape index (κ2) is 6.03. The molecule has 2 heterocycles. The van der Waals surface area contributed by atoms with E-state index >= 15 is 0 Å². The van der Waals surface area contributed by atoms with E-state index in [0.29, 0.717) is 29.7 Å². The summed E-state index contributed by atoms with van der Waals surface area (Å²) < 4.78 is 13.9. The lowest BCUT2D eigenvalue weighted by Gasteiger charge is -2.15. The van der Waals surface area contributed by atoms with Gasteiger partial charge in [-0.3, -0.25) is 4.79 Å². The van der Waals surface area contributed by atoms with E-state index in [0.717, 1.165) is 25.9 Å². The molecule has 5 nitrogen and oxygen atoms in total. The topological polar surface area (TPSA) is 58.1 Å². The van der Waals surface area contributed by atoms with Crippen molar-refractivity contribution in [3.63, 3.8) is 0 Å². The van der Waals surface area contributed by atoms with Crippen LogP contribution in [0.3, 0.4) is 0 Å². The van der Waals surface area contributed by atoms with E-state index in [1.165, 1.54) is 12.4 Å². The molecule has 1 saturated heterocycles. The van der Waals surface area contributed by atoms with Crippen LogP contribution in [0, 0.1) is 5.82 Å². The predicted molar refractivity (Wildman–Crippen MR) is 78.4 cm³/mol. The normalized spacial score (nSPS) is 14.6. The molecule has 0 spiro atoms. The number of aromatic nitrogens is 2. The number of benzene rings is 1. The molecule has 2 aromatic rings. The second-order valence-electron chi connectivity index (χ2n) is 5.12. The number of nitrogens with zero attached hydrogens (tertiary/aromatic N) is 3. The van der Waals surface area contributed by atoms with Crippen LogP contribution >= 0.6 is 0 Å². The van der Waals surface area contributed by atoms with Crippen molar-refractivity contribution in [3.05, 3.63) is 30.3 Å². The Kier molecular flexibility index (Phi) is 3.94. The first-order valence-electron chi connectivity index (χ1n) is 7.16. The zero-order chi connectivity index (χ0) is 14.7. The molecule has 1 aliphatic rings. The number of anilines is 1. The van der Waals surface area contributed by atoms with E-state index in [-0.39, 0.29) is 11.7 Å². The summed E-state index contributed by atoms with van der Waals surface area (Å²) >= 11 is 0. The van der Waals surface area contributed by atoms with E-state index in [4.69, 9.17) is 0 Å². The monoisotopic (exact) mass is 288 g/mol. The van der Waals surface area contributed by atoms with Crippen molar-refractivity contribution in [1.82, 2.24) is 14.9 Å². The number of amides is 1. The van der Waals surface area contributed by atoms with Gasteiger partial charge in [0.05, 0.1) is 10.9 Å². The molecule has 1 amide bonds. The Balaban J connectivity index is 1.67. The molecule has 1 fully saturated rings. The second-order valence-corrected chi connectivity index (χ2v) is 5.12. The van der Waals surface area contributed by atoms with Gasteiger partial charge in [-0.25, -0.2) is 14.4 Å². The summed E-state index contributed by atoms with van der Waals surface area (Å²) in [4.78, 5) is 21.9. The molecular formula is C15H17FN4O. The van der Waals surface area contributed by atoms with Gasteiger partial charge in [0.15, 0.2) is 0 Å². The molecule has 0 radical (unpaired) electrons. The molecule has 6 heteroatoms. The third-order valence-electron chi connectivity index (χ3n) is 3.70. The average Bonchev–Trinajstić information content (AvgIpc) is 3.02. The summed E-state index contributed by atoms with van der Waals surface area (Å²) in [6, 6.07) is 4.73. The van der Waals surface area contributed by atoms with Gasteiger partial charge in [-0.15, -0.1) is 0 Å². The summed E-state index contributed by atoms with van der Waals surface area (Å²) in [7, 11) is 0. The first kappa shape index (κ1) is 13.7. The van der Waals surface area contributed by atoms with Crippen LogP contribution in [-0.2, 0) is 4.79 Å². The standard InChI is InChI=1S/C15H17FN4O/c16-11-4-3-5-12-14(11)15(19-10-18-12)17-7-6-13(21)20-8-1-2-9-20/h3-5,10H,1-2,6-9H2,(H,17,18,19). The highest BCUT2D eigenvalue weighted by atomic mass is 19.1. The van der Waals surface area contributed by atoms with Crippen molar-refractivity contribution < 1.29 is 9.18 Å². The fourth-order valence-corrected chi connectivity index (χ4v) is 2.61. The summed E-state index contributed by atoms with van der Waals surface area (Å²) in [6.45, 7) is 2.14. The van der Waals surface area contributed by atoms with Gasteiger partial charge in [0.1, 0.15) is 18.0 Å². The summed E-state index contributed by atoms with van der Waals surface area (Å²) in [6.07, 6.45) is 3.95. The molecule has 1 N–H and O–H groups in total. The average molecular weight is 288 g/mol. The number of carbonyl (C=O) groups excluding carboxylic acids is 1. The van der Waals surface area contributed by atoms with E-state index in [9.17, 15) is 9.18 Å². The smallest absolute Gasteiger partial charge is 0.224 e. The SMILES string of the molecule is O=C(CCNc1ncnc2cccc(F)c12)N1CCCC1. The van der Waals surface area contributed by atoms with Gasteiger partial charge >= 0.3 is 0 Å². The quantitative estimate of drug-likeness (QED) is 0.937. The minimum Gasteiger partial charge on any atom is -0.369 e. The molecule has 1 aromatic heterocycles. The van der Waals surface area contributed by atoms with Crippen molar-refractivity contribution >= 4 is 22.6 Å². The Morgan fingerprint density at radius 2 is 2.10 bits per heavy atom. The fourth-order valence-electron chi connectivity index (χ4n) is 2.61. The van der Waals surface area contributed by atoms with Gasteiger partial charge in [0.25, 0.3) is 0 Å². The minimum atomic E-state index is -0.360. The van der Waals surface area contributed by atoms with Crippen LogP contribution in [0.25, 0.3) is 10.9 Å². The molecule has 21 heavy (non-hydrogen) atoms. The largest absolute Gasteiger partial charge is 0.369 e. The maximum absolute atomic E-state index is 13.9. The first-order chi connectivity index (χ1) is 10.3. The zero-order valence-electron chi connectivity index (χ0n) is 11.7. The van der Waals surface area contributed by atoms with E-state index in [1.807, 2.05) is 4.90 Å². The highest BCUT2D eigenvalue weighted by molar-refractivity contribution is 5.89. The molecule has 3 rings (SSSR count). The first-order valence-corrected chi connectivity index (χ1v) is 7.16. The molecule has 0 saturated carbocycles. The molecule has 1 aromatic carbocycles. The number of fused-ring (bicyclic) bond motifs is 1. The van der Waals surface area contributed by atoms with Crippen molar-refractivity contribution in [3.8, 4) is 0 Å². The van der Waals surface area contributed by atoms with Gasteiger partial charge in [-0.1, -0.05) is 6.07 Å². The Bertz CT molecular complexity index is 650. The van der Waals surface area contributed by atoms with Crippen molar-refractivity contribution in [2.75, 3.05) is 25.0 Å². The number of halogens is 1. The van der Waals surface area contributed by atoms with Gasteiger partial charge in [-0.2, -0.15) is 0 Å². The number of rotatable bonds is 4. The highest BCUT2D eigenvalue weighted by Crippen LogP contribution is 2.22. The van der Waals surface area contributed by atoms with Crippen LogP contribution < -0.4 is 5.32 Å². The van der Waals surface area contributed by atoms with Crippen molar-refractivity contribution in [2.24, 2.45) is 0 Å². The molecule has 0 unspecified atom stereocenters. The van der Waals surface area contributed by atoms with Crippen LogP contribution in [0.15, 0.2) is 24.5 Å². The van der Waals surface area contributed by atoms with E-state index in [2.05, 4.69) is 15.3 Å². The molecule has 0 bridgehead atoms.